The topological polar surface area (TPSA) is 54.0 Å². The maximum absolute atomic E-state index is 11.9. The molecule has 0 aliphatic heterocycles. The molecule has 0 bridgehead atoms. The number of hydrogen-bond acceptors (Lipinski definition) is 2. The largest absolute Gasteiger partial charge is 0.334 e. The number of aryl methyl sites for hydroxylation is 1. The van der Waals surface area contributed by atoms with Crippen molar-refractivity contribution in [3.8, 4) is 0 Å². The fourth-order valence-corrected chi connectivity index (χ4v) is 2.29. The molecule has 0 atom stereocenters. The maximum Gasteiger partial charge on any atom is 0.319 e. The highest BCUT2D eigenvalue weighted by Crippen LogP contribution is 2.15. The second kappa shape index (κ2) is 9.85. The monoisotopic (exact) mass is 333 g/mol. The molecule has 1 aromatic rings. The summed E-state index contributed by atoms with van der Waals surface area (Å²) in [7, 11) is 0. The first-order valence-electron chi connectivity index (χ1n) is 7.75. The van der Waals surface area contributed by atoms with Crippen LogP contribution in [-0.4, -0.2) is 17.6 Å². The Balaban J connectivity index is 0.00000127. The normalized spacial score (nSPS) is 13.1. The molecule has 1 aromatic heterocycles. The van der Waals surface area contributed by atoms with Crippen LogP contribution < -0.4 is 10.6 Å². The molecule has 0 aromatic carbocycles. The summed E-state index contributed by atoms with van der Waals surface area (Å²) in [6.07, 6.45) is 9.15. The molecular formula is C18H24ClN3O. The van der Waals surface area contributed by atoms with Gasteiger partial charge in [0.1, 0.15) is 5.15 Å². The molecule has 1 aliphatic carbocycles. The van der Waals surface area contributed by atoms with Crippen molar-refractivity contribution < 1.29 is 4.79 Å². The SMILES string of the molecule is CC.CC1=CC(CNC(=O)Nc2cc(C)nc(Cl)c2)=CC=CC1. The van der Waals surface area contributed by atoms with Gasteiger partial charge in [-0.05, 0) is 38.0 Å². The Morgan fingerprint density at radius 1 is 1.30 bits per heavy atom. The van der Waals surface area contributed by atoms with Gasteiger partial charge in [-0.15, -0.1) is 0 Å². The highest BCUT2D eigenvalue weighted by Gasteiger charge is 2.05. The van der Waals surface area contributed by atoms with Gasteiger partial charge >= 0.3 is 6.03 Å². The summed E-state index contributed by atoms with van der Waals surface area (Å²) >= 11 is 5.86. The number of nitrogens with one attached hydrogen (secondary N) is 2. The summed E-state index contributed by atoms with van der Waals surface area (Å²) in [6.45, 7) is 8.38. The molecule has 1 aliphatic rings. The van der Waals surface area contributed by atoms with Crippen LogP contribution in [0.3, 0.4) is 0 Å². The lowest BCUT2D eigenvalue weighted by atomic mass is 10.1. The molecule has 1 heterocycles. The van der Waals surface area contributed by atoms with Gasteiger partial charge in [-0.3, -0.25) is 0 Å². The van der Waals surface area contributed by atoms with Crippen molar-refractivity contribution in [2.24, 2.45) is 0 Å². The first kappa shape index (κ1) is 19.0. The van der Waals surface area contributed by atoms with E-state index in [0.29, 0.717) is 17.4 Å². The second-order valence-electron chi connectivity index (χ2n) is 4.99. The molecule has 4 nitrogen and oxygen atoms in total. The molecule has 0 radical (unpaired) electrons. The molecule has 2 rings (SSSR count). The van der Waals surface area contributed by atoms with Crippen LogP contribution in [0.5, 0.6) is 0 Å². The number of nitrogens with zero attached hydrogens (tertiary/aromatic N) is 1. The Morgan fingerprint density at radius 3 is 2.74 bits per heavy atom. The van der Waals surface area contributed by atoms with Crippen LogP contribution in [0.2, 0.25) is 5.15 Å². The van der Waals surface area contributed by atoms with Gasteiger partial charge in [0.25, 0.3) is 0 Å². The van der Waals surface area contributed by atoms with Crippen LogP contribution in [0.15, 0.2) is 47.6 Å². The van der Waals surface area contributed by atoms with Gasteiger partial charge in [0.15, 0.2) is 0 Å². The average molecular weight is 334 g/mol. The minimum Gasteiger partial charge on any atom is -0.334 e. The van der Waals surface area contributed by atoms with E-state index in [1.807, 2.05) is 32.9 Å². The van der Waals surface area contributed by atoms with Gasteiger partial charge in [0.05, 0.1) is 0 Å². The number of aromatic nitrogens is 1. The lowest BCUT2D eigenvalue weighted by Crippen LogP contribution is -2.30. The van der Waals surface area contributed by atoms with Gasteiger partial charge in [0.2, 0.25) is 0 Å². The Bertz CT molecular complexity index is 613. The number of urea groups is 1. The molecule has 0 unspecified atom stereocenters. The third-order valence-corrected chi connectivity index (χ3v) is 3.14. The summed E-state index contributed by atoms with van der Waals surface area (Å²) in [5, 5.41) is 5.94. The van der Waals surface area contributed by atoms with E-state index in [2.05, 4.69) is 34.7 Å². The predicted octanol–water partition coefficient (Wildman–Crippen LogP) is 5.02. The van der Waals surface area contributed by atoms with Crippen molar-refractivity contribution in [1.82, 2.24) is 10.3 Å². The van der Waals surface area contributed by atoms with Gasteiger partial charge in [-0.1, -0.05) is 55.3 Å². The van der Waals surface area contributed by atoms with Gasteiger partial charge in [0, 0.05) is 17.9 Å². The molecule has 124 valence electrons. The van der Waals surface area contributed by atoms with Crippen molar-refractivity contribution in [1.29, 1.82) is 0 Å². The predicted molar refractivity (Wildman–Crippen MR) is 98.0 cm³/mol. The van der Waals surface area contributed by atoms with E-state index in [1.165, 1.54) is 5.57 Å². The zero-order chi connectivity index (χ0) is 17.2. The minimum absolute atomic E-state index is 0.267. The van der Waals surface area contributed by atoms with Gasteiger partial charge in [-0.2, -0.15) is 0 Å². The van der Waals surface area contributed by atoms with Crippen LogP contribution in [0, 0.1) is 6.92 Å². The molecule has 23 heavy (non-hydrogen) atoms. The highest BCUT2D eigenvalue weighted by molar-refractivity contribution is 6.29. The Labute approximate surface area is 143 Å². The van der Waals surface area contributed by atoms with Crippen LogP contribution >= 0.6 is 11.6 Å². The van der Waals surface area contributed by atoms with E-state index in [-0.39, 0.29) is 6.03 Å². The van der Waals surface area contributed by atoms with E-state index >= 15 is 0 Å². The molecule has 5 heteroatoms. The standard InChI is InChI=1S/C16H18ClN3O.C2H6/c1-11-5-3-4-6-13(7-11)10-18-16(21)20-14-8-12(2)19-15(17)9-14;1-2/h3-4,6-9H,5,10H2,1-2H3,(H2,18,19,20,21);1-2H3. The Hall–Kier alpha value is -2.07. The van der Waals surface area contributed by atoms with Gasteiger partial charge in [-0.25, -0.2) is 9.78 Å². The molecular weight excluding hydrogens is 310 g/mol. The lowest BCUT2D eigenvalue weighted by Gasteiger charge is -2.09. The third kappa shape index (κ3) is 7.15. The van der Waals surface area contributed by atoms with Crippen LogP contribution in [-0.2, 0) is 0 Å². The molecule has 2 amide bonds. The summed E-state index contributed by atoms with van der Waals surface area (Å²) in [5.41, 5.74) is 3.73. The summed E-state index contributed by atoms with van der Waals surface area (Å²) in [5.74, 6) is 0. The molecule has 0 spiro atoms. The number of anilines is 1. The van der Waals surface area contributed by atoms with Gasteiger partial charge < -0.3 is 10.6 Å². The summed E-state index contributed by atoms with van der Waals surface area (Å²) < 4.78 is 0. The zero-order valence-electron chi connectivity index (χ0n) is 14.1. The van der Waals surface area contributed by atoms with Crippen molar-refractivity contribution in [3.63, 3.8) is 0 Å². The highest BCUT2D eigenvalue weighted by atomic mass is 35.5. The smallest absolute Gasteiger partial charge is 0.319 e. The van der Waals surface area contributed by atoms with Crippen LogP contribution in [0.4, 0.5) is 10.5 Å². The lowest BCUT2D eigenvalue weighted by molar-refractivity contribution is 0.253. The summed E-state index contributed by atoms with van der Waals surface area (Å²) in [4.78, 5) is 15.9. The number of carbonyl (C=O) groups is 1. The fourth-order valence-electron chi connectivity index (χ4n) is 2.04. The van der Waals surface area contributed by atoms with E-state index in [9.17, 15) is 4.79 Å². The second-order valence-corrected chi connectivity index (χ2v) is 5.38. The first-order valence-corrected chi connectivity index (χ1v) is 8.12. The van der Waals surface area contributed by atoms with Crippen molar-refractivity contribution in [2.45, 2.75) is 34.1 Å². The van der Waals surface area contributed by atoms with E-state index in [1.54, 1.807) is 12.1 Å². The van der Waals surface area contributed by atoms with Crippen LogP contribution in [0.1, 0.15) is 32.9 Å². The molecule has 0 saturated carbocycles. The summed E-state index contributed by atoms with van der Waals surface area (Å²) in [6, 6.07) is 3.12. The Morgan fingerprint density at radius 2 is 2.04 bits per heavy atom. The third-order valence-electron chi connectivity index (χ3n) is 2.95. The molecule has 0 saturated heterocycles. The number of amides is 2. The van der Waals surface area contributed by atoms with Crippen molar-refractivity contribution in [3.05, 3.63) is 58.4 Å². The van der Waals surface area contributed by atoms with Crippen molar-refractivity contribution >= 4 is 23.3 Å². The maximum atomic E-state index is 11.9. The molecule has 2 N–H and O–H groups in total. The van der Waals surface area contributed by atoms with Crippen molar-refractivity contribution in [2.75, 3.05) is 11.9 Å². The van der Waals surface area contributed by atoms with E-state index in [0.717, 1.165) is 17.7 Å². The number of pyridine rings is 1. The van der Waals surface area contributed by atoms with E-state index in [4.69, 9.17) is 11.6 Å². The first-order chi connectivity index (χ1) is 11.0. The Kier molecular flexibility index (Phi) is 8.13. The molecule has 0 fully saturated rings. The zero-order valence-corrected chi connectivity index (χ0v) is 14.9. The fraction of sp³-hybridized carbons (Fsp3) is 0.333. The number of halogens is 1. The quantitative estimate of drug-likeness (QED) is 0.763. The average Bonchev–Trinajstić information content (AvgIpc) is 2.70. The number of carbonyl (C=O) groups excluding carboxylic acids is 1. The number of allylic oxidation sites excluding steroid dienone is 4. The van der Waals surface area contributed by atoms with E-state index < -0.39 is 0 Å². The minimum atomic E-state index is -0.267. The number of hydrogen-bond donors (Lipinski definition) is 2. The van der Waals surface area contributed by atoms with Crippen LogP contribution in [0.25, 0.3) is 0 Å². The number of rotatable bonds is 3.